The molecule has 2 heterocycles. The number of rotatable bonds is 5. The number of carbonyl (C=O) groups excluding carboxylic acids is 1. The van der Waals surface area contributed by atoms with Gasteiger partial charge in [0.15, 0.2) is 6.61 Å². The molecule has 0 saturated carbocycles. The number of anilines is 1. The Bertz CT molecular complexity index is 1110. The SMILES string of the molecule is O=C(COc1ccc(Cl)cc1Cl)Nc1ccc(-c2cn3cccnc3n2)cc1. The third-order valence-corrected chi connectivity index (χ3v) is 4.48. The smallest absolute Gasteiger partial charge is 0.262 e. The maximum atomic E-state index is 12.1. The van der Waals surface area contributed by atoms with Crippen LogP contribution in [0.15, 0.2) is 67.1 Å². The lowest BCUT2D eigenvalue weighted by Gasteiger charge is -2.09. The zero-order valence-electron chi connectivity index (χ0n) is 14.5. The van der Waals surface area contributed by atoms with Gasteiger partial charge in [-0.3, -0.25) is 9.20 Å². The quantitative estimate of drug-likeness (QED) is 0.514. The number of amides is 1. The predicted octanol–water partition coefficient (Wildman–Crippen LogP) is 4.72. The molecular weight excluding hydrogens is 399 g/mol. The van der Waals surface area contributed by atoms with E-state index in [0.717, 1.165) is 11.3 Å². The van der Waals surface area contributed by atoms with Crippen molar-refractivity contribution in [1.29, 1.82) is 0 Å². The standard InChI is InChI=1S/C20H14Cl2N4O2/c21-14-4-7-18(16(22)10-14)28-12-19(27)24-15-5-2-13(3-6-15)17-11-26-9-1-8-23-20(26)25-17/h1-11H,12H2,(H,24,27). The number of carbonyl (C=O) groups is 1. The van der Waals surface area contributed by atoms with Gasteiger partial charge < -0.3 is 10.1 Å². The number of imidazole rings is 1. The first-order valence-electron chi connectivity index (χ1n) is 8.36. The number of hydrogen-bond donors (Lipinski definition) is 1. The average Bonchev–Trinajstić information content (AvgIpc) is 3.12. The van der Waals surface area contributed by atoms with E-state index in [-0.39, 0.29) is 12.5 Å². The Morgan fingerprint density at radius 1 is 1.14 bits per heavy atom. The Morgan fingerprint density at radius 2 is 1.96 bits per heavy atom. The molecule has 8 heteroatoms. The molecule has 1 N–H and O–H groups in total. The summed E-state index contributed by atoms with van der Waals surface area (Å²) in [4.78, 5) is 20.8. The fraction of sp³-hybridized carbons (Fsp3) is 0.0500. The van der Waals surface area contributed by atoms with Crippen LogP contribution in [0, 0.1) is 0 Å². The van der Waals surface area contributed by atoms with E-state index in [1.165, 1.54) is 0 Å². The molecule has 0 radical (unpaired) electrons. The molecule has 4 rings (SSSR count). The zero-order valence-corrected chi connectivity index (χ0v) is 16.0. The van der Waals surface area contributed by atoms with Gasteiger partial charge in [-0.1, -0.05) is 35.3 Å². The highest BCUT2D eigenvalue weighted by Crippen LogP contribution is 2.27. The Balaban J connectivity index is 1.39. The first kappa shape index (κ1) is 18.3. The monoisotopic (exact) mass is 412 g/mol. The van der Waals surface area contributed by atoms with Crippen molar-refractivity contribution in [3.8, 4) is 17.0 Å². The van der Waals surface area contributed by atoms with Crippen LogP contribution in [0.25, 0.3) is 17.0 Å². The van der Waals surface area contributed by atoms with Gasteiger partial charge in [0, 0.05) is 34.9 Å². The molecule has 1 amide bonds. The van der Waals surface area contributed by atoms with Gasteiger partial charge in [-0.2, -0.15) is 0 Å². The number of halogens is 2. The largest absolute Gasteiger partial charge is 0.482 e. The molecule has 6 nitrogen and oxygen atoms in total. The van der Waals surface area contributed by atoms with Crippen molar-refractivity contribution in [3.63, 3.8) is 0 Å². The summed E-state index contributed by atoms with van der Waals surface area (Å²) in [6.45, 7) is -0.165. The van der Waals surface area contributed by atoms with Crippen LogP contribution >= 0.6 is 23.2 Å². The van der Waals surface area contributed by atoms with Gasteiger partial charge in [0.25, 0.3) is 5.91 Å². The number of nitrogens with zero attached hydrogens (tertiary/aromatic N) is 3. The molecule has 0 fully saturated rings. The summed E-state index contributed by atoms with van der Waals surface area (Å²) in [5, 5.41) is 3.63. The van der Waals surface area contributed by atoms with Crippen LogP contribution in [0.4, 0.5) is 5.69 Å². The van der Waals surface area contributed by atoms with Crippen LogP contribution in [-0.4, -0.2) is 26.9 Å². The van der Waals surface area contributed by atoms with Crippen molar-refractivity contribution in [1.82, 2.24) is 14.4 Å². The van der Waals surface area contributed by atoms with Crippen molar-refractivity contribution >= 4 is 40.6 Å². The summed E-state index contributed by atoms with van der Waals surface area (Å²) in [5.41, 5.74) is 2.38. The normalized spacial score (nSPS) is 10.8. The Labute approximate surface area is 170 Å². The van der Waals surface area contributed by atoms with E-state index in [9.17, 15) is 4.79 Å². The van der Waals surface area contributed by atoms with E-state index in [4.69, 9.17) is 27.9 Å². The molecule has 2 aromatic heterocycles. The van der Waals surface area contributed by atoms with Crippen molar-refractivity contribution in [2.45, 2.75) is 0 Å². The highest BCUT2D eigenvalue weighted by molar-refractivity contribution is 6.35. The third kappa shape index (κ3) is 4.08. The minimum atomic E-state index is -0.296. The minimum Gasteiger partial charge on any atom is -0.482 e. The van der Waals surface area contributed by atoms with Crippen LogP contribution in [-0.2, 0) is 4.79 Å². The van der Waals surface area contributed by atoms with Crippen molar-refractivity contribution in [2.75, 3.05) is 11.9 Å². The van der Waals surface area contributed by atoms with E-state index < -0.39 is 0 Å². The molecule has 0 aliphatic rings. The first-order valence-corrected chi connectivity index (χ1v) is 9.12. The summed E-state index contributed by atoms with van der Waals surface area (Å²) >= 11 is 11.9. The van der Waals surface area contributed by atoms with E-state index in [1.807, 2.05) is 35.0 Å². The van der Waals surface area contributed by atoms with Gasteiger partial charge in [-0.05, 0) is 36.4 Å². The molecule has 0 bridgehead atoms. The molecule has 0 atom stereocenters. The lowest BCUT2D eigenvalue weighted by molar-refractivity contribution is -0.118. The number of ether oxygens (including phenoxy) is 1. The second kappa shape index (κ2) is 7.88. The van der Waals surface area contributed by atoms with Gasteiger partial charge in [-0.15, -0.1) is 0 Å². The fourth-order valence-electron chi connectivity index (χ4n) is 2.63. The molecule has 0 aliphatic carbocycles. The summed E-state index contributed by atoms with van der Waals surface area (Å²) in [7, 11) is 0. The molecule has 0 spiro atoms. The molecule has 0 saturated heterocycles. The second-order valence-corrected chi connectivity index (χ2v) is 6.79. The maximum Gasteiger partial charge on any atom is 0.262 e. The summed E-state index contributed by atoms with van der Waals surface area (Å²) < 4.78 is 7.28. The summed E-state index contributed by atoms with van der Waals surface area (Å²) in [5.74, 6) is 0.737. The van der Waals surface area contributed by atoms with Crippen molar-refractivity contribution in [3.05, 3.63) is 77.2 Å². The summed E-state index contributed by atoms with van der Waals surface area (Å²) in [6.07, 6.45) is 5.49. The lowest BCUT2D eigenvalue weighted by Crippen LogP contribution is -2.20. The molecular formula is C20H14Cl2N4O2. The van der Waals surface area contributed by atoms with Gasteiger partial charge in [0.05, 0.1) is 10.7 Å². The van der Waals surface area contributed by atoms with E-state index in [0.29, 0.717) is 27.3 Å². The fourth-order valence-corrected chi connectivity index (χ4v) is 3.09. The maximum absolute atomic E-state index is 12.1. The van der Waals surface area contributed by atoms with Crippen LogP contribution in [0.2, 0.25) is 10.0 Å². The Morgan fingerprint density at radius 3 is 2.71 bits per heavy atom. The Kier molecular flexibility index (Phi) is 5.14. The van der Waals surface area contributed by atoms with Gasteiger partial charge >= 0.3 is 0 Å². The number of benzene rings is 2. The molecule has 140 valence electrons. The highest BCUT2D eigenvalue weighted by Gasteiger charge is 2.08. The average molecular weight is 413 g/mol. The second-order valence-electron chi connectivity index (χ2n) is 5.94. The van der Waals surface area contributed by atoms with Crippen LogP contribution in [0.3, 0.4) is 0 Å². The third-order valence-electron chi connectivity index (χ3n) is 3.95. The molecule has 4 aromatic rings. The van der Waals surface area contributed by atoms with Crippen LogP contribution < -0.4 is 10.1 Å². The zero-order chi connectivity index (χ0) is 19.5. The minimum absolute atomic E-state index is 0.165. The lowest BCUT2D eigenvalue weighted by atomic mass is 10.1. The molecule has 28 heavy (non-hydrogen) atoms. The number of nitrogens with one attached hydrogen (secondary N) is 1. The predicted molar refractivity (Wildman–Crippen MR) is 109 cm³/mol. The number of aromatic nitrogens is 3. The van der Waals surface area contributed by atoms with E-state index in [2.05, 4.69) is 15.3 Å². The Hall–Kier alpha value is -3.09. The van der Waals surface area contributed by atoms with Crippen LogP contribution in [0.5, 0.6) is 5.75 Å². The topological polar surface area (TPSA) is 68.5 Å². The van der Waals surface area contributed by atoms with E-state index in [1.54, 1.807) is 36.5 Å². The summed E-state index contributed by atoms with van der Waals surface area (Å²) in [6, 6.07) is 14.0. The van der Waals surface area contributed by atoms with Gasteiger partial charge in [0.2, 0.25) is 5.78 Å². The van der Waals surface area contributed by atoms with Crippen molar-refractivity contribution < 1.29 is 9.53 Å². The molecule has 0 unspecified atom stereocenters. The molecule has 2 aromatic carbocycles. The number of hydrogen-bond acceptors (Lipinski definition) is 4. The van der Waals surface area contributed by atoms with E-state index >= 15 is 0 Å². The highest BCUT2D eigenvalue weighted by atomic mass is 35.5. The van der Waals surface area contributed by atoms with Crippen LogP contribution in [0.1, 0.15) is 0 Å². The molecule has 0 aliphatic heterocycles. The van der Waals surface area contributed by atoms with Gasteiger partial charge in [-0.25, -0.2) is 9.97 Å². The van der Waals surface area contributed by atoms with Crippen molar-refractivity contribution in [2.24, 2.45) is 0 Å². The van der Waals surface area contributed by atoms with Gasteiger partial charge in [0.1, 0.15) is 5.75 Å². The number of fused-ring (bicyclic) bond motifs is 1. The first-order chi connectivity index (χ1) is 13.6.